The Labute approximate surface area is 213 Å². The van der Waals surface area contributed by atoms with Gasteiger partial charge in [0.25, 0.3) is 0 Å². The minimum absolute atomic E-state index is 0.0426. The molecule has 0 spiro atoms. The smallest absolute Gasteiger partial charge is 0.242 e. The van der Waals surface area contributed by atoms with Gasteiger partial charge in [-0.3, -0.25) is 13.9 Å². The molecule has 0 aliphatic rings. The summed E-state index contributed by atoms with van der Waals surface area (Å²) >= 11 is 0. The summed E-state index contributed by atoms with van der Waals surface area (Å²) in [6.07, 6.45) is 2.55. The molecule has 0 saturated heterocycles. The molecule has 10 heteroatoms. The van der Waals surface area contributed by atoms with Crippen LogP contribution in [0.25, 0.3) is 0 Å². The van der Waals surface area contributed by atoms with E-state index in [0.29, 0.717) is 24.4 Å². The van der Waals surface area contributed by atoms with Gasteiger partial charge in [-0.1, -0.05) is 26.0 Å². The second kappa shape index (κ2) is 13.8. The number of hydrogen-bond donors (Lipinski definition) is 1. The SMILES string of the molecule is CCCNC(=O)[C@H](CC)N(Cc1ccc(OC)cc1)C(=O)CCCN(c1ccc(F)cc1)S(C)(=O)=O. The van der Waals surface area contributed by atoms with Crippen molar-refractivity contribution in [2.45, 2.75) is 52.1 Å². The van der Waals surface area contributed by atoms with Crippen LogP contribution in [0.2, 0.25) is 0 Å². The van der Waals surface area contributed by atoms with E-state index in [9.17, 15) is 22.4 Å². The third-order valence-electron chi connectivity index (χ3n) is 5.71. The highest BCUT2D eigenvalue weighted by Gasteiger charge is 2.28. The van der Waals surface area contributed by atoms with Crippen LogP contribution in [-0.4, -0.2) is 57.6 Å². The molecule has 198 valence electrons. The molecule has 1 atom stereocenters. The number of nitrogens with one attached hydrogen (secondary N) is 1. The minimum atomic E-state index is -3.64. The van der Waals surface area contributed by atoms with Gasteiger partial charge in [-0.2, -0.15) is 0 Å². The molecule has 2 amide bonds. The second-order valence-electron chi connectivity index (χ2n) is 8.50. The average Bonchev–Trinajstić information content (AvgIpc) is 2.85. The van der Waals surface area contributed by atoms with E-state index in [1.54, 1.807) is 24.1 Å². The summed E-state index contributed by atoms with van der Waals surface area (Å²) in [6.45, 7) is 4.60. The molecule has 36 heavy (non-hydrogen) atoms. The average molecular weight is 522 g/mol. The second-order valence-corrected chi connectivity index (χ2v) is 10.4. The van der Waals surface area contributed by atoms with Crippen LogP contribution in [0.1, 0.15) is 45.1 Å². The molecule has 2 rings (SSSR count). The van der Waals surface area contributed by atoms with Gasteiger partial charge in [0, 0.05) is 26.1 Å². The number of halogens is 1. The summed E-state index contributed by atoms with van der Waals surface area (Å²) in [5.74, 6) is -0.253. The Morgan fingerprint density at radius 3 is 2.22 bits per heavy atom. The van der Waals surface area contributed by atoms with Crippen LogP contribution in [0.15, 0.2) is 48.5 Å². The van der Waals surface area contributed by atoms with Crippen molar-refractivity contribution in [3.05, 3.63) is 59.9 Å². The third kappa shape index (κ3) is 8.51. The summed E-state index contributed by atoms with van der Waals surface area (Å²) in [5, 5.41) is 2.87. The van der Waals surface area contributed by atoms with Gasteiger partial charge in [0.05, 0.1) is 19.1 Å². The number of carbonyl (C=O) groups excluding carboxylic acids is 2. The third-order valence-corrected chi connectivity index (χ3v) is 6.91. The highest BCUT2D eigenvalue weighted by Crippen LogP contribution is 2.20. The maximum absolute atomic E-state index is 13.4. The highest BCUT2D eigenvalue weighted by molar-refractivity contribution is 7.92. The standard InChI is InChI=1S/C26H36FN3O5S/c1-5-17-28-26(32)24(6-2)29(19-20-9-15-23(35-3)16-10-20)25(31)8-7-18-30(36(4,33)34)22-13-11-21(27)12-14-22/h9-16,24H,5-8,17-19H2,1-4H3,(H,28,32)/t24-/m0/s1. The molecule has 0 radical (unpaired) electrons. The van der Waals surface area contributed by atoms with Gasteiger partial charge in [-0.25, -0.2) is 12.8 Å². The van der Waals surface area contributed by atoms with Gasteiger partial charge in [0.15, 0.2) is 0 Å². The molecule has 0 aliphatic heterocycles. The van der Waals surface area contributed by atoms with Crippen molar-refractivity contribution in [2.24, 2.45) is 0 Å². The van der Waals surface area contributed by atoms with E-state index < -0.39 is 21.9 Å². The molecular weight excluding hydrogens is 485 g/mol. The zero-order chi connectivity index (χ0) is 26.7. The fourth-order valence-corrected chi connectivity index (χ4v) is 4.79. The Morgan fingerprint density at radius 2 is 1.69 bits per heavy atom. The van der Waals surface area contributed by atoms with Crippen LogP contribution >= 0.6 is 0 Å². The lowest BCUT2D eigenvalue weighted by molar-refractivity contribution is -0.141. The van der Waals surface area contributed by atoms with E-state index >= 15 is 0 Å². The quantitative estimate of drug-likeness (QED) is 0.409. The molecule has 2 aromatic carbocycles. The zero-order valence-electron chi connectivity index (χ0n) is 21.4. The Hall–Kier alpha value is -3.14. The zero-order valence-corrected chi connectivity index (χ0v) is 22.2. The van der Waals surface area contributed by atoms with E-state index in [0.717, 1.165) is 22.5 Å². The van der Waals surface area contributed by atoms with Crippen molar-refractivity contribution in [3.8, 4) is 5.75 Å². The van der Waals surface area contributed by atoms with Crippen molar-refractivity contribution >= 4 is 27.5 Å². The Kier molecular flexibility index (Phi) is 11.2. The first-order valence-corrected chi connectivity index (χ1v) is 13.9. The van der Waals surface area contributed by atoms with Crippen LogP contribution in [0.3, 0.4) is 0 Å². The predicted molar refractivity (Wildman–Crippen MR) is 139 cm³/mol. The van der Waals surface area contributed by atoms with Crippen molar-refractivity contribution in [1.29, 1.82) is 0 Å². The lowest BCUT2D eigenvalue weighted by Gasteiger charge is -2.31. The number of benzene rings is 2. The van der Waals surface area contributed by atoms with E-state index in [2.05, 4.69) is 5.32 Å². The highest BCUT2D eigenvalue weighted by atomic mass is 32.2. The number of amides is 2. The first-order chi connectivity index (χ1) is 17.1. The summed E-state index contributed by atoms with van der Waals surface area (Å²) < 4.78 is 44.3. The molecule has 0 aliphatic carbocycles. The fourth-order valence-electron chi connectivity index (χ4n) is 3.82. The molecule has 0 fully saturated rings. The van der Waals surface area contributed by atoms with Crippen molar-refractivity contribution in [2.75, 3.05) is 30.8 Å². The van der Waals surface area contributed by atoms with E-state index in [4.69, 9.17) is 4.74 Å². The van der Waals surface area contributed by atoms with Crippen molar-refractivity contribution < 1.29 is 27.1 Å². The van der Waals surface area contributed by atoms with Gasteiger partial charge >= 0.3 is 0 Å². The summed E-state index contributed by atoms with van der Waals surface area (Å²) in [4.78, 5) is 27.8. The number of rotatable bonds is 14. The number of ether oxygens (including phenoxy) is 1. The number of sulfonamides is 1. The topological polar surface area (TPSA) is 96.0 Å². The van der Waals surface area contributed by atoms with Crippen molar-refractivity contribution in [1.82, 2.24) is 10.2 Å². The number of carbonyl (C=O) groups is 2. The van der Waals surface area contributed by atoms with Gasteiger partial charge < -0.3 is 15.0 Å². The number of anilines is 1. The Bertz CT molecular complexity index is 1090. The van der Waals surface area contributed by atoms with Gasteiger partial charge in [0.2, 0.25) is 21.8 Å². The van der Waals surface area contributed by atoms with Crippen LogP contribution in [-0.2, 0) is 26.2 Å². The van der Waals surface area contributed by atoms with Gasteiger partial charge in [0.1, 0.15) is 17.6 Å². The number of hydrogen-bond acceptors (Lipinski definition) is 5. The largest absolute Gasteiger partial charge is 0.497 e. The maximum Gasteiger partial charge on any atom is 0.242 e. The molecule has 0 aromatic heterocycles. The first kappa shape index (κ1) is 29.1. The van der Waals surface area contributed by atoms with Crippen LogP contribution in [0.5, 0.6) is 5.75 Å². The molecule has 0 saturated carbocycles. The van der Waals surface area contributed by atoms with E-state index in [1.807, 2.05) is 26.0 Å². The normalized spacial score (nSPS) is 12.0. The molecule has 8 nitrogen and oxygen atoms in total. The summed E-state index contributed by atoms with van der Waals surface area (Å²) in [5.41, 5.74) is 1.17. The van der Waals surface area contributed by atoms with Gasteiger partial charge in [-0.15, -0.1) is 0 Å². The number of nitrogens with zero attached hydrogens (tertiary/aromatic N) is 2. The van der Waals surface area contributed by atoms with E-state index in [1.165, 1.54) is 24.3 Å². The summed E-state index contributed by atoms with van der Waals surface area (Å²) in [6, 6.07) is 11.8. The maximum atomic E-state index is 13.4. The van der Waals surface area contributed by atoms with E-state index in [-0.39, 0.29) is 37.7 Å². The Balaban J connectivity index is 2.19. The molecule has 2 aromatic rings. The molecule has 0 heterocycles. The molecule has 0 unspecified atom stereocenters. The van der Waals surface area contributed by atoms with Gasteiger partial charge in [-0.05, 0) is 61.2 Å². The van der Waals surface area contributed by atoms with Crippen LogP contribution in [0, 0.1) is 5.82 Å². The predicted octanol–water partition coefficient (Wildman–Crippen LogP) is 3.71. The number of methoxy groups -OCH3 is 1. The monoisotopic (exact) mass is 521 g/mol. The van der Waals surface area contributed by atoms with Crippen LogP contribution < -0.4 is 14.4 Å². The summed E-state index contributed by atoms with van der Waals surface area (Å²) in [7, 11) is -2.07. The first-order valence-electron chi connectivity index (χ1n) is 12.0. The Morgan fingerprint density at radius 1 is 1.06 bits per heavy atom. The lowest BCUT2D eigenvalue weighted by Crippen LogP contribution is -2.49. The van der Waals surface area contributed by atoms with Crippen LogP contribution in [0.4, 0.5) is 10.1 Å². The lowest BCUT2D eigenvalue weighted by atomic mass is 10.1. The molecule has 1 N–H and O–H groups in total. The van der Waals surface area contributed by atoms with Crippen molar-refractivity contribution in [3.63, 3.8) is 0 Å². The molecular formula is C26H36FN3O5S. The minimum Gasteiger partial charge on any atom is -0.497 e. The fraction of sp³-hybridized carbons (Fsp3) is 0.462. The molecule has 0 bridgehead atoms.